The zero-order valence-electron chi connectivity index (χ0n) is 14.6. The molecule has 0 spiro atoms. The number of anilines is 1. The molecule has 2 atom stereocenters. The molecule has 1 aliphatic heterocycles. The quantitative estimate of drug-likeness (QED) is 0.273. The molecule has 2 heterocycles. The number of aliphatic imine (C=N–C) groups is 1. The van der Waals surface area contributed by atoms with Crippen molar-refractivity contribution in [1.29, 1.82) is 0 Å². The number of rotatable bonds is 9. The van der Waals surface area contributed by atoms with Gasteiger partial charge in [0.15, 0.2) is 0 Å². The van der Waals surface area contributed by atoms with Crippen LogP contribution in [0.2, 0.25) is 0 Å². The minimum Gasteiger partial charge on any atom is -0.364 e. The second-order valence-electron chi connectivity index (χ2n) is 6.26. The lowest BCUT2D eigenvalue weighted by Gasteiger charge is -2.29. The minimum atomic E-state index is -4.19. The molecule has 142 valence electrons. The molecular formula is C13H26N7O4P. The van der Waals surface area contributed by atoms with Crippen molar-refractivity contribution in [3.63, 3.8) is 0 Å². The molecule has 0 radical (unpaired) electrons. The lowest BCUT2D eigenvalue weighted by atomic mass is 10.2. The van der Waals surface area contributed by atoms with Crippen LogP contribution in [0, 0.1) is 0 Å². The molecular weight excluding hydrogens is 349 g/mol. The van der Waals surface area contributed by atoms with E-state index < -0.39 is 25.8 Å². The van der Waals surface area contributed by atoms with Crippen LogP contribution < -0.4 is 16.4 Å². The van der Waals surface area contributed by atoms with Crippen molar-refractivity contribution in [3.05, 3.63) is 12.0 Å². The van der Waals surface area contributed by atoms with Gasteiger partial charge in [-0.05, 0) is 21.0 Å². The molecule has 2 rings (SSSR count). The van der Waals surface area contributed by atoms with Gasteiger partial charge >= 0.3 is 7.60 Å². The molecule has 0 aliphatic carbocycles. The zero-order valence-corrected chi connectivity index (χ0v) is 15.5. The Labute approximate surface area is 146 Å². The van der Waals surface area contributed by atoms with Gasteiger partial charge in [0.25, 0.3) is 0 Å². The van der Waals surface area contributed by atoms with Gasteiger partial charge in [-0.3, -0.25) is 15.6 Å². The second kappa shape index (κ2) is 7.92. The van der Waals surface area contributed by atoms with Gasteiger partial charge in [0, 0.05) is 13.1 Å². The van der Waals surface area contributed by atoms with Gasteiger partial charge in [-0.25, -0.2) is 9.98 Å². The number of nitrogens with one attached hydrogen (secondary N) is 2. The minimum absolute atomic E-state index is 0.358. The van der Waals surface area contributed by atoms with Crippen molar-refractivity contribution >= 4 is 19.8 Å². The lowest BCUT2D eigenvalue weighted by molar-refractivity contribution is 0.0761. The van der Waals surface area contributed by atoms with Crippen LogP contribution in [0.3, 0.4) is 0 Å². The number of hydrogen-bond donors (Lipinski definition) is 5. The SMILES string of the molecule is C[C@H](Cn1cnc2c1NC=NC2(N)NCCN(C)C)OCP(=O)(O)O. The Kier molecular flexibility index (Phi) is 6.33. The van der Waals surface area contributed by atoms with E-state index in [-0.39, 0.29) is 0 Å². The van der Waals surface area contributed by atoms with E-state index in [0.717, 1.165) is 6.54 Å². The maximum Gasteiger partial charge on any atom is 0.350 e. The zero-order chi connectivity index (χ0) is 18.7. The number of ether oxygens (including phenoxy) is 1. The summed E-state index contributed by atoms with van der Waals surface area (Å²) < 4.78 is 17.9. The summed E-state index contributed by atoms with van der Waals surface area (Å²) in [5.41, 5.74) is 6.89. The molecule has 0 saturated carbocycles. The Balaban J connectivity index is 2.05. The molecule has 1 aliphatic rings. The van der Waals surface area contributed by atoms with E-state index in [4.69, 9.17) is 20.3 Å². The summed E-state index contributed by atoms with van der Waals surface area (Å²) in [6, 6.07) is 0. The number of likely N-dealkylation sites (N-methyl/N-ethyl adjacent to an activating group) is 1. The fourth-order valence-corrected chi connectivity index (χ4v) is 2.81. The molecule has 6 N–H and O–H groups in total. The monoisotopic (exact) mass is 375 g/mol. The number of aromatic nitrogens is 2. The standard InChI is InChI=1S/C13H26N7O4P/c1-10(24-9-25(21,22)23)6-20-8-16-11-12(20)15-7-18-13(11,14)17-4-5-19(2)3/h7-8,10,17H,4-6,9,14H2,1-3H3,(H,15,18)(H2,21,22,23)/t10-,13?/m1/s1. The largest absolute Gasteiger partial charge is 0.364 e. The first-order valence-corrected chi connectivity index (χ1v) is 9.61. The third-order valence-electron chi connectivity index (χ3n) is 3.60. The summed E-state index contributed by atoms with van der Waals surface area (Å²) in [6.45, 7) is 3.51. The summed E-state index contributed by atoms with van der Waals surface area (Å²) in [5, 5.41) is 6.20. The highest BCUT2D eigenvalue weighted by Crippen LogP contribution is 2.34. The Morgan fingerprint density at radius 2 is 2.28 bits per heavy atom. The first-order chi connectivity index (χ1) is 11.6. The third kappa shape index (κ3) is 5.58. The van der Waals surface area contributed by atoms with Crippen LogP contribution in [0.1, 0.15) is 12.6 Å². The van der Waals surface area contributed by atoms with Gasteiger partial charge in [0.05, 0.1) is 25.3 Å². The van der Waals surface area contributed by atoms with Crippen LogP contribution in [-0.2, 0) is 21.6 Å². The lowest BCUT2D eigenvalue weighted by Crippen LogP contribution is -2.52. The maximum atomic E-state index is 10.9. The smallest absolute Gasteiger partial charge is 0.350 e. The average Bonchev–Trinajstić information content (AvgIpc) is 2.89. The van der Waals surface area contributed by atoms with Gasteiger partial charge in [-0.1, -0.05) is 0 Å². The highest BCUT2D eigenvalue weighted by Gasteiger charge is 2.35. The fourth-order valence-electron chi connectivity index (χ4n) is 2.36. The first-order valence-electron chi connectivity index (χ1n) is 7.81. The highest BCUT2D eigenvalue weighted by molar-refractivity contribution is 7.51. The molecule has 12 heteroatoms. The summed E-state index contributed by atoms with van der Waals surface area (Å²) in [6.07, 6.45) is 2.07. The van der Waals surface area contributed by atoms with Gasteiger partial charge in [-0.2, -0.15) is 0 Å². The van der Waals surface area contributed by atoms with E-state index in [9.17, 15) is 4.57 Å². The van der Waals surface area contributed by atoms with Crippen LogP contribution in [0.25, 0.3) is 0 Å². The maximum absolute atomic E-state index is 10.9. The van der Waals surface area contributed by atoms with E-state index in [0.29, 0.717) is 24.6 Å². The molecule has 0 aromatic carbocycles. The van der Waals surface area contributed by atoms with E-state index in [2.05, 4.69) is 20.6 Å². The molecule has 0 saturated heterocycles. The first kappa shape index (κ1) is 20.0. The van der Waals surface area contributed by atoms with E-state index in [1.807, 2.05) is 19.0 Å². The molecule has 0 fully saturated rings. The van der Waals surface area contributed by atoms with Gasteiger partial charge < -0.3 is 29.3 Å². The number of imidazole rings is 1. The Morgan fingerprint density at radius 1 is 1.56 bits per heavy atom. The summed E-state index contributed by atoms with van der Waals surface area (Å²) >= 11 is 0. The highest BCUT2D eigenvalue weighted by atomic mass is 31.2. The van der Waals surface area contributed by atoms with E-state index >= 15 is 0 Å². The van der Waals surface area contributed by atoms with E-state index in [1.165, 1.54) is 6.34 Å². The second-order valence-corrected chi connectivity index (χ2v) is 7.85. The predicted octanol–water partition coefficient (Wildman–Crippen LogP) is -0.903. The van der Waals surface area contributed by atoms with Gasteiger partial charge in [0.1, 0.15) is 17.9 Å². The Hall–Kier alpha value is -1.33. The Morgan fingerprint density at radius 3 is 2.92 bits per heavy atom. The molecule has 0 amide bonds. The van der Waals surface area contributed by atoms with Crippen molar-refractivity contribution in [2.75, 3.05) is 38.8 Å². The predicted molar refractivity (Wildman–Crippen MR) is 94.2 cm³/mol. The average molecular weight is 375 g/mol. The van der Waals surface area contributed by atoms with Gasteiger partial charge in [0.2, 0.25) is 5.79 Å². The van der Waals surface area contributed by atoms with Crippen molar-refractivity contribution in [2.45, 2.75) is 25.4 Å². The fraction of sp³-hybridized carbons (Fsp3) is 0.692. The summed E-state index contributed by atoms with van der Waals surface area (Å²) in [7, 11) is -0.256. The van der Waals surface area contributed by atoms with Crippen molar-refractivity contribution in [2.24, 2.45) is 10.7 Å². The van der Waals surface area contributed by atoms with Crippen LogP contribution in [0.4, 0.5) is 5.82 Å². The number of fused-ring (bicyclic) bond motifs is 1. The topological polar surface area (TPSA) is 150 Å². The molecule has 25 heavy (non-hydrogen) atoms. The molecule has 1 aromatic heterocycles. The van der Waals surface area contributed by atoms with Gasteiger partial charge in [-0.15, -0.1) is 0 Å². The summed E-state index contributed by atoms with van der Waals surface area (Å²) in [4.78, 5) is 28.4. The van der Waals surface area contributed by atoms with Crippen molar-refractivity contribution in [3.8, 4) is 0 Å². The normalized spacial score (nSPS) is 21.2. The number of hydrogen-bond acceptors (Lipinski definition) is 8. The molecule has 1 unspecified atom stereocenters. The van der Waals surface area contributed by atoms with Crippen LogP contribution in [-0.4, -0.2) is 70.2 Å². The van der Waals surface area contributed by atoms with E-state index in [1.54, 1.807) is 17.8 Å². The third-order valence-corrected chi connectivity index (χ3v) is 4.09. The number of nitrogens with two attached hydrogens (primary N) is 1. The Bertz CT molecular complexity index is 659. The van der Waals surface area contributed by atoms with Crippen molar-refractivity contribution < 1.29 is 19.1 Å². The molecule has 11 nitrogen and oxygen atoms in total. The molecule has 0 bridgehead atoms. The number of nitrogens with zero attached hydrogens (tertiary/aromatic N) is 4. The van der Waals surface area contributed by atoms with Crippen LogP contribution in [0.15, 0.2) is 11.3 Å². The van der Waals surface area contributed by atoms with Crippen molar-refractivity contribution in [1.82, 2.24) is 19.8 Å². The summed E-state index contributed by atoms with van der Waals surface area (Å²) in [5.74, 6) is -0.459. The van der Waals surface area contributed by atoms with Crippen LogP contribution >= 0.6 is 7.60 Å². The van der Waals surface area contributed by atoms with Crippen LogP contribution in [0.5, 0.6) is 0 Å². The molecule has 1 aromatic rings.